The van der Waals surface area contributed by atoms with Crippen LogP contribution in [0.2, 0.25) is 0 Å². The number of rotatable bonds is 1. The van der Waals surface area contributed by atoms with Gasteiger partial charge in [0.25, 0.3) is 0 Å². The number of halogens is 1. The average molecular weight is 354 g/mol. The minimum absolute atomic E-state index is 0.132. The fraction of sp³-hybridized carbons (Fsp3) is 0.467. The molecule has 3 unspecified atom stereocenters. The zero-order valence-electron chi connectivity index (χ0n) is 11.2. The lowest BCUT2D eigenvalue weighted by Crippen LogP contribution is -2.53. The molecule has 2 amide bonds. The molecular formula is C15H16BrNO2S. The monoisotopic (exact) mass is 353 g/mol. The van der Waals surface area contributed by atoms with E-state index in [9.17, 15) is 9.59 Å². The second-order valence-corrected chi connectivity index (χ2v) is 7.84. The molecule has 0 bridgehead atoms. The van der Waals surface area contributed by atoms with E-state index in [1.54, 1.807) is 0 Å². The van der Waals surface area contributed by atoms with E-state index in [1.807, 2.05) is 36.0 Å². The van der Waals surface area contributed by atoms with Gasteiger partial charge in [-0.05, 0) is 23.8 Å². The van der Waals surface area contributed by atoms with Crippen LogP contribution in [-0.4, -0.2) is 22.8 Å². The third-order valence-electron chi connectivity index (χ3n) is 4.55. The molecule has 1 N–H and O–H groups in total. The zero-order chi connectivity index (χ0) is 14.3. The van der Waals surface area contributed by atoms with Crippen LogP contribution >= 0.6 is 27.7 Å². The van der Waals surface area contributed by atoms with Crippen LogP contribution in [0.1, 0.15) is 31.2 Å². The van der Waals surface area contributed by atoms with Crippen LogP contribution in [-0.2, 0) is 9.59 Å². The maximum atomic E-state index is 12.5. The SMILES string of the molecule is CC1SCCC12CC(=O)NC(=O)C2c1ccccc1Br. The molecule has 0 aromatic heterocycles. The summed E-state index contributed by atoms with van der Waals surface area (Å²) in [6, 6.07) is 7.84. The molecule has 106 valence electrons. The van der Waals surface area contributed by atoms with E-state index in [1.165, 1.54) is 0 Å². The highest BCUT2D eigenvalue weighted by Crippen LogP contribution is 2.56. The summed E-state index contributed by atoms with van der Waals surface area (Å²) in [7, 11) is 0. The van der Waals surface area contributed by atoms with Gasteiger partial charge in [0, 0.05) is 21.6 Å². The Kier molecular flexibility index (Phi) is 3.67. The molecule has 20 heavy (non-hydrogen) atoms. The number of carbonyl (C=O) groups excluding carboxylic acids is 2. The number of hydrogen-bond donors (Lipinski definition) is 1. The van der Waals surface area contributed by atoms with Crippen molar-refractivity contribution in [3.8, 4) is 0 Å². The average Bonchev–Trinajstić information content (AvgIpc) is 2.72. The van der Waals surface area contributed by atoms with E-state index < -0.39 is 0 Å². The molecule has 5 heteroatoms. The fourth-order valence-corrected chi connectivity index (χ4v) is 5.52. The van der Waals surface area contributed by atoms with Gasteiger partial charge in [0.15, 0.2) is 0 Å². The Morgan fingerprint density at radius 2 is 2.10 bits per heavy atom. The van der Waals surface area contributed by atoms with Gasteiger partial charge in [0.1, 0.15) is 0 Å². The number of thioether (sulfide) groups is 1. The van der Waals surface area contributed by atoms with Crippen molar-refractivity contribution in [1.29, 1.82) is 0 Å². The predicted molar refractivity (Wildman–Crippen MR) is 83.6 cm³/mol. The highest BCUT2D eigenvalue weighted by Gasteiger charge is 2.54. The Balaban J connectivity index is 2.12. The summed E-state index contributed by atoms with van der Waals surface area (Å²) in [5.41, 5.74) is 0.750. The Morgan fingerprint density at radius 1 is 1.35 bits per heavy atom. The third kappa shape index (κ3) is 2.11. The van der Waals surface area contributed by atoms with Crippen molar-refractivity contribution in [3.63, 3.8) is 0 Å². The summed E-state index contributed by atoms with van der Waals surface area (Å²) in [5, 5.41) is 2.83. The number of amides is 2. The van der Waals surface area contributed by atoms with Crippen LogP contribution < -0.4 is 5.32 Å². The number of imide groups is 1. The van der Waals surface area contributed by atoms with Crippen molar-refractivity contribution < 1.29 is 9.59 Å². The summed E-state index contributed by atoms with van der Waals surface area (Å²) < 4.78 is 0.943. The largest absolute Gasteiger partial charge is 0.296 e. The van der Waals surface area contributed by atoms with Gasteiger partial charge in [-0.15, -0.1) is 0 Å². The molecule has 0 aliphatic carbocycles. The third-order valence-corrected chi connectivity index (χ3v) is 6.68. The van der Waals surface area contributed by atoms with Crippen LogP contribution in [0.5, 0.6) is 0 Å². The van der Waals surface area contributed by atoms with E-state index >= 15 is 0 Å². The molecule has 0 radical (unpaired) electrons. The number of carbonyl (C=O) groups is 2. The van der Waals surface area contributed by atoms with Crippen LogP contribution in [0.4, 0.5) is 0 Å². The van der Waals surface area contributed by atoms with Gasteiger partial charge in [-0.2, -0.15) is 11.8 Å². The summed E-state index contributed by atoms with van der Waals surface area (Å²) >= 11 is 5.42. The van der Waals surface area contributed by atoms with Gasteiger partial charge in [-0.3, -0.25) is 14.9 Å². The molecule has 2 heterocycles. The van der Waals surface area contributed by atoms with Crippen molar-refractivity contribution in [3.05, 3.63) is 34.3 Å². The molecule has 1 aromatic carbocycles. The minimum Gasteiger partial charge on any atom is -0.296 e. The first-order valence-corrected chi connectivity index (χ1v) is 8.58. The fourth-order valence-electron chi connectivity index (χ4n) is 3.48. The molecule has 3 atom stereocenters. The van der Waals surface area contributed by atoms with Gasteiger partial charge in [-0.1, -0.05) is 41.1 Å². The molecule has 3 nitrogen and oxygen atoms in total. The second-order valence-electron chi connectivity index (χ2n) is 5.54. The first-order chi connectivity index (χ1) is 9.54. The van der Waals surface area contributed by atoms with Gasteiger partial charge < -0.3 is 0 Å². The van der Waals surface area contributed by atoms with E-state index in [4.69, 9.17) is 0 Å². The lowest BCUT2D eigenvalue weighted by molar-refractivity contribution is -0.140. The first-order valence-electron chi connectivity index (χ1n) is 6.74. The van der Waals surface area contributed by atoms with E-state index in [0.29, 0.717) is 11.7 Å². The van der Waals surface area contributed by atoms with E-state index in [-0.39, 0.29) is 23.1 Å². The molecule has 2 aliphatic heterocycles. The molecule has 1 spiro atoms. The lowest BCUT2D eigenvalue weighted by Gasteiger charge is -2.43. The van der Waals surface area contributed by atoms with Gasteiger partial charge in [0.05, 0.1) is 5.92 Å². The summed E-state index contributed by atoms with van der Waals surface area (Å²) in [6.45, 7) is 2.15. The molecule has 0 saturated carbocycles. The van der Waals surface area contributed by atoms with Crippen molar-refractivity contribution in [2.24, 2.45) is 5.41 Å². The Labute approximate surface area is 131 Å². The molecule has 3 rings (SSSR count). The summed E-state index contributed by atoms with van der Waals surface area (Å²) in [6.07, 6.45) is 1.36. The smallest absolute Gasteiger partial charge is 0.234 e. The number of benzene rings is 1. The minimum atomic E-state index is -0.249. The van der Waals surface area contributed by atoms with E-state index in [0.717, 1.165) is 22.2 Å². The number of nitrogens with one attached hydrogen (secondary N) is 1. The normalized spacial score (nSPS) is 33.5. The Bertz CT molecular complexity index is 577. The standard InChI is InChI=1S/C15H16BrNO2S/c1-9-15(6-7-20-9)8-12(18)17-14(19)13(15)10-4-2-3-5-11(10)16/h2-5,9,13H,6-8H2,1H3,(H,17,18,19). The maximum Gasteiger partial charge on any atom is 0.234 e. The molecular weight excluding hydrogens is 338 g/mol. The predicted octanol–water partition coefficient (Wildman–Crippen LogP) is 3.09. The quantitative estimate of drug-likeness (QED) is 0.789. The molecule has 2 aliphatic rings. The van der Waals surface area contributed by atoms with Gasteiger partial charge >= 0.3 is 0 Å². The lowest BCUT2D eigenvalue weighted by atomic mass is 9.64. The van der Waals surface area contributed by atoms with Crippen LogP contribution in [0.3, 0.4) is 0 Å². The van der Waals surface area contributed by atoms with Crippen LogP contribution in [0.15, 0.2) is 28.7 Å². The topological polar surface area (TPSA) is 46.2 Å². The van der Waals surface area contributed by atoms with Crippen molar-refractivity contribution >= 4 is 39.5 Å². The van der Waals surface area contributed by atoms with Crippen LogP contribution in [0, 0.1) is 5.41 Å². The highest BCUT2D eigenvalue weighted by atomic mass is 79.9. The summed E-state index contributed by atoms with van der Waals surface area (Å²) in [4.78, 5) is 24.4. The number of piperidine rings is 1. The van der Waals surface area contributed by atoms with Gasteiger partial charge in [0.2, 0.25) is 11.8 Å². The van der Waals surface area contributed by atoms with Crippen molar-refractivity contribution in [2.75, 3.05) is 5.75 Å². The number of hydrogen-bond acceptors (Lipinski definition) is 3. The van der Waals surface area contributed by atoms with Crippen molar-refractivity contribution in [2.45, 2.75) is 30.9 Å². The zero-order valence-corrected chi connectivity index (χ0v) is 13.6. The molecule has 2 fully saturated rings. The molecule has 1 aromatic rings. The second kappa shape index (κ2) is 5.19. The van der Waals surface area contributed by atoms with Crippen LogP contribution in [0.25, 0.3) is 0 Å². The molecule has 2 saturated heterocycles. The van der Waals surface area contributed by atoms with E-state index in [2.05, 4.69) is 28.2 Å². The summed E-state index contributed by atoms with van der Waals surface area (Å²) in [5.74, 6) is 0.485. The highest BCUT2D eigenvalue weighted by molar-refractivity contribution is 9.10. The first kappa shape index (κ1) is 14.1. The maximum absolute atomic E-state index is 12.5. The Morgan fingerprint density at radius 3 is 2.75 bits per heavy atom. The van der Waals surface area contributed by atoms with Gasteiger partial charge in [-0.25, -0.2) is 0 Å². The Hall–Kier alpha value is -0.810. The van der Waals surface area contributed by atoms with Crippen molar-refractivity contribution in [1.82, 2.24) is 5.32 Å².